The van der Waals surface area contributed by atoms with E-state index in [1.54, 1.807) is 17.3 Å². The Morgan fingerprint density at radius 2 is 2.05 bits per heavy atom. The summed E-state index contributed by atoms with van der Waals surface area (Å²) >= 11 is 0. The predicted molar refractivity (Wildman–Crippen MR) is 86.0 cm³/mol. The van der Waals surface area contributed by atoms with Crippen LogP contribution in [0.2, 0.25) is 0 Å². The second-order valence-corrected chi connectivity index (χ2v) is 6.80. The highest BCUT2D eigenvalue weighted by Gasteiger charge is 2.30. The van der Waals surface area contributed by atoms with Gasteiger partial charge in [-0.2, -0.15) is 0 Å². The summed E-state index contributed by atoms with van der Waals surface area (Å²) < 4.78 is 5.46. The van der Waals surface area contributed by atoms with Gasteiger partial charge in [0, 0.05) is 32.5 Å². The SMILES string of the molecule is Cc1nccnc1N1CCCC(N(C)C(=O)OC(C)(C)C)C1. The number of rotatable bonds is 2. The molecule has 1 atom stereocenters. The van der Waals surface area contributed by atoms with Crippen molar-refractivity contribution in [1.29, 1.82) is 0 Å². The molecule has 0 N–H and O–H groups in total. The van der Waals surface area contributed by atoms with Crippen LogP contribution in [0.1, 0.15) is 39.3 Å². The number of likely N-dealkylation sites (N-methyl/N-ethyl adjacent to an activating group) is 1. The van der Waals surface area contributed by atoms with Crippen LogP contribution < -0.4 is 4.90 Å². The molecule has 22 heavy (non-hydrogen) atoms. The van der Waals surface area contributed by atoms with Crippen molar-refractivity contribution >= 4 is 11.9 Å². The van der Waals surface area contributed by atoms with Crippen molar-refractivity contribution in [2.75, 3.05) is 25.0 Å². The van der Waals surface area contributed by atoms with E-state index in [1.165, 1.54) is 0 Å². The van der Waals surface area contributed by atoms with E-state index in [0.717, 1.165) is 37.4 Å². The molecule has 1 fully saturated rings. The third kappa shape index (κ3) is 4.08. The van der Waals surface area contributed by atoms with E-state index in [0.29, 0.717) is 0 Å². The van der Waals surface area contributed by atoms with Gasteiger partial charge in [0.2, 0.25) is 0 Å². The number of hydrogen-bond acceptors (Lipinski definition) is 5. The smallest absolute Gasteiger partial charge is 0.410 e. The van der Waals surface area contributed by atoms with Gasteiger partial charge in [-0.05, 0) is 40.5 Å². The molecule has 0 radical (unpaired) electrons. The molecule has 6 nitrogen and oxygen atoms in total. The van der Waals surface area contributed by atoms with Gasteiger partial charge in [0.05, 0.1) is 11.7 Å². The highest BCUT2D eigenvalue weighted by Crippen LogP contribution is 2.23. The van der Waals surface area contributed by atoms with Crippen LogP contribution in [0.4, 0.5) is 10.6 Å². The first-order chi connectivity index (χ1) is 10.3. The molecule has 1 aliphatic heterocycles. The lowest BCUT2D eigenvalue weighted by atomic mass is 10.0. The van der Waals surface area contributed by atoms with Crippen LogP contribution in [0.25, 0.3) is 0 Å². The van der Waals surface area contributed by atoms with Crippen molar-refractivity contribution < 1.29 is 9.53 Å². The highest BCUT2D eigenvalue weighted by atomic mass is 16.6. The van der Waals surface area contributed by atoms with Gasteiger partial charge < -0.3 is 14.5 Å². The Kier molecular flexibility index (Phi) is 4.88. The van der Waals surface area contributed by atoms with E-state index >= 15 is 0 Å². The Labute approximate surface area is 132 Å². The first-order valence-electron chi connectivity index (χ1n) is 7.76. The molecule has 6 heteroatoms. The van der Waals surface area contributed by atoms with Crippen LogP contribution in [-0.2, 0) is 4.74 Å². The van der Waals surface area contributed by atoms with Gasteiger partial charge >= 0.3 is 6.09 Å². The van der Waals surface area contributed by atoms with E-state index in [4.69, 9.17) is 4.74 Å². The second kappa shape index (κ2) is 6.50. The highest BCUT2D eigenvalue weighted by molar-refractivity contribution is 5.68. The number of hydrogen-bond donors (Lipinski definition) is 0. The average Bonchev–Trinajstić information content (AvgIpc) is 2.45. The van der Waals surface area contributed by atoms with Gasteiger partial charge in [0.25, 0.3) is 0 Å². The number of carbonyl (C=O) groups is 1. The van der Waals surface area contributed by atoms with Gasteiger partial charge in [0.15, 0.2) is 0 Å². The van der Waals surface area contributed by atoms with Crippen LogP contribution in [0, 0.1) is 6.92 Å². The summed E-state index contributed by atoms with van der Waals surface area (Å²) in [5, 5.41) is 0. The van der Waals surface area contributed by atoms with Crippen molar-refractivity contribution in [3.05, 3.63) is 18.1 Å². The third-order valence-electron chi connectivity index (χ3n) is 3.78. The van der Waals surface area contributed by atoms with E-state index in [2.05, 4.69) is 14.9 Å². The summed E-state index contributed by atoms with van der Waals surface area (Å²) in [4.78, 5) is 24.9. The maximum absolute atomic E-state index is 12.2. The molecule has 2 heterocycles. The van der Waals surface area contributed by atoms with Gasteiger partial charge in [-0.3, -0.25) is 4.98 Å². The number of amides is 1. The zero-order valence-electron chi connectivity index (χ0n) is 14.2. The molecule has 1 amide bonds. The predicted octanol–water partition coefficient (Wildman–Crippen LogP) is 2.62. The van der Waals surface area contributed by atoms with Gasteiger partial charge in [-0.1, -0.05) is 0 Å². The summed E-state index contributed by atoms with van der Waals surface area (Å²) in [6.45, 7) is 9.31. The standard InChI is InChI=1S/C16H26N4O2/c1-12-14(18-9-8-17-12)20-10-6-7-13(11-20)19(5)15(21)22-16(2,3)4/h8-9,13H,6-7,10-11H2,1-5H3. The molecule has 1 aromatic heterocycles. The van der Waals surface area contributed by atoms with Crippen molar-refractivity contribution in [2.45, 2.75) is 52.2 Å². The second-order valence-electron chi connectivity index (χ2n) is 6.80. The number of ether oxygens (including phenoxy) is 1. The largest absolute Gasteiger partial charge is 0.444 e. The molecule has 0 bridgehead atoms. The molecule has 0 aromatic carbocycles. The molecule has 1 saturated heterocycles. The lowest BCUT2D eigenvalue weighted by Gasteiger charge is -2.38. The summed E-state index contributed by atoms with van der Waals surface area (Å²) in [5.74, 6) is 0.907. The van der Waals surface area contributed by atoms with Crippen molar-refractivity contribution in [1.82, 2.24) is 14.9 Å². The minimum Gasteiger partial charge on any atom is -0.444 e. The quantitative estimate of drug-likeness (QED) is 0.840. The van der Waals surface area contributed by atoms with Crippen LogP contribution in [0.5, 0.6) is 0 Å². The number of anilines is 1. The molecule has 2 rings (SSSR count). The molecule has 1 aliphatic rings. The molecule has 0 spiro atoms. The average molecular weight is 306 g/mol. The van der Waals surface area contributed by atoms with E-state index in [9.17, 15) is 4.79 Å². The third-order valence-corrected chi connectivity index (χ3v) is 3.78. The Morgan fingerprint density at radius 1 is 1.36 bits per heavy atom. The Balaban J connectivity index is 2.04. The maximum atomic E-state index is 12.2. The molecule has 122 valence electrons. The lowest BCUT2D eigenvalue weighted by Crippen LogP contribution is -2.50. The molecule has 0 saturated carbocycles. The van der Waals surface area contributed by atoms with Crippen molar-refractivity contribution in [3.8, 4) is 0 Å². The normalized spacial score (nSPS) is 19.0. The van der Waals surface area contributed by atoms with E-state index in [-0.39, 0.29) is 12.1 Å². The number of carbonyl (C=O) groups excluding carboxylic acids is 1. The van der Waals surface area contributed by atoms with E-state index < -0.39 is 5.60 Å². The monoisotopic (exact) mass is 306 g/mol. The zero-order valence-corrected chi connectivity index (χ0v) is 14.2. The maximum Gasteiger partial charge on any atom is 0.410 e. The number of aryl methyl sites for hydroxylation is 1. The lowest BCUT2D eigenvalue weighted by molar-refractivity contribution is 0.0209. The molecular formula is C16H26N4O2. The minimum absolute atomic E-state index is 0.130. The number of nitrogens with zero attached hydrogens (tertiary/aromatic N) is 4. The van der Waals surface area contributed by atoms with Crippen molar-refractivity contribution in [3.63, 3.8) is 0 Å². The summed E-state index contributed by atoms with van der Waals surface area (Å²) in [6, 6.07) is 0.130. The molecular weight excluding hydrogens is 280 g/mol. The number of aromatic nitrogens is 2. The van der Waals surface area contributed by atoms with Crippen LogP contribution >= 0.6 is 0 Å². The molecule has 0 aliphatic carbocycles. The topological polar surface area (TPSA) is 58.6 Å². The van der Waals surface area contributed by atoms with E-state index in [1.807, 2.05) is 34.7 Å². The van der Waals surface area contributed by atoms with Crippen LogP contribution in [-0.4, -0.2) is 52.7 Å². The Morgan fingerprint density at radius 3 is 2.68 bits per heavy atom. The van der Waals surface area contributed by atoms with Crippen LogP contribution in [0.15, 0.2) is 12.4 Å². The minimum atomic E-state index is -0.471. The first-order valence-corrected chi connectivity index (χ1v) is 7.76. The number of piperidine rings is 1. The fourth-order valence-corrected chi connectivity index (χ4v) is 2.66. The molecule has 1 unspecified atom stereocenters. The summed E-state index contributed by atoms with van der Waals surface area (Å²) in [5.41, 5.74) is 0.448. The van der Waals surface area contributed by atoms with Gasteiger partial charge in [0.1, 0.15) is 11.4 Å². The van der Waals surface area contributed by atoms with Crippen molar-refractivity contribution in [2.24, 2.45) is 0 Å². The fourth-order valence-electron chi connectivity index (χ4n) is 2.66. The molecule has 1 aromatic rings. The Bertz CT molecular complexity index is 527. The van der Waals surface area contributed by atoms with Gasteiger partial charge in [-0.25, -0.2) is 9.78 Å². The van der Waals surface area contributed by atoms with Gasteiger partial charge in [-0.15, -0.1) is 0 Å². The van der Waals surface area contributed by atoms with Crippen LogP contribution in [0.3, 0.4) is 0 Å². The summed E-state index contributed by atoms with van der Waals surface area (Å²) in [6.07, 6.45) is 5.14. The Hall–Kier alpha value is -1.85. The zero-order chi connectivity index (χ0) is 16.3. The summed E-state index contributed by atoms with van der Waals surface area (Å²) in [7, 11) is 1.81. The first kappa shape index (κ1) is 16.5. The fraction of sp³-hybridized carbons (Fsp3) is 0.688.